The van der Waals surface area contributed by atoms with Crippen LogP contribution in [0, 0.1) is 0 Å². The molecule has 32 heavy (non-hydrogen) atoms. The van der Waals surface area contributed by atoms with Gasteiger partial charge in [-0.2, -0.15) is 0 Å². The summed E-state index contributed by atoms with van der Waals surface area (Å²) in [5, 5.41) is 12.6. The molecule has 1 atom stereocenters. The van der Waals surface area contributed by atoms with E-state index in [0.717, 1.165) is 0 Å². The molecule has 5 rings (SSSR count). The van der Waals surface area contributed by atoms with Gasteiger partial charge in [0, 0.05) is 11.8 Å². The lowest BCUT2D eigenvalue weighted by atomic mass is 9.95. The first-order valence-electron chi connectivity index (χ1n) is 9.97. The highest BCUT2D eigenvalue weighted by atomic mass is 32.1. The van der Waals surface area contributed by atoms with Crippen molar-refractivity contribution in [1.82, 2.24) is 0 Å². The Labute approximate surface area is 188 Å². The van der Waals surface area contributed by atoms with Gasteiger partial charge in [-0.1, -0.05) is 18.2 Å². The number of ketones is 1. The third-order valence-corrected chi connectivity index (χ3v) is 6.30. The zero-order chi connectivity index (χ0) is 22.2. The number of Topliss-reactive ketones (excluding diaryl/α,β-unsaturated/α-hetero) is 1. The van der Waals surface area contributed by atoms with E-state index in [1.54, 1.807) is 67.1 Å². The molecule has 8 heteroatoms. The molecule has 1 amide bonds. The Bertz CT molecular complexity index is 1220. The normalized spacial score (nSPS) is 17.6. The molecule has 1 unspecified atom stereocenters. The molecule has 0 bridgehead atoms. The fourth-order valence-corrected chi connectivity index (χ4v) is 4.61. The minimum Gasteiger partial charge on any atom is -0.503 e. The maximum absolute atomic E-state index is 13.3. The van der Waals surface area contributed by atoms with E-state index >= 15 is 0 Å². The molecule has 0 radical (unpaired) electrons. The van der Waals surface area contributed by atoms with Gasteiger partial charge in [0.05, 0.1) is 23.6 Å². The number of methoxy groups -OCH3 is 1. The summed E-state index contributed by atoms with van der Waals surface area (Å²) in [5.74, 6) is 0.142. The summed E-state index contributed by atoms with van der Waals surface area (Å²) in [6.45, 7) is 0.850. The SMILES string of the molecule is COc1ccc(C2C(C(=O)c3cccs3)=C(O)C(=O)N2c2ccc3c(c2)OCCO3)cc1. The van der Waals surface area contributed by atoms with Gasteiger partial charge < -0.3 is 19.3 Å². The second-order valence-corrected chi connectivity index (χ2v) is 8.20. The molecule has 0 saturated carbocycles. The molecule has 3 aromatic rings. The molecule has 1 N–H and O–H groups in total. The second-order valence-electron chi connectivity index (χ2n) is 7.25. The monoisotopic (exact) mass is 449 g/mol. The number of fused-ring (bicyclic) bond motifs is 1. The predicted octanol–water partition coefficient (Wildman–Crippen LogP) is 4.31. The van der Waals surface area contributed by atoms with Crippen molar-refractivity contribution in [3.05, 3.63) is 81.8 Å². The molecule has 3 heterocycles. The molecule has 162 valence electrons. The molecule has 0 spiro atoms. The number of carbonyl (C=O) groups excluding carboxylic acids is 2. The number of anilines is 1. The van der Waals surface area contributed by atoms with E-state index in [9.17, 15) is 14.7 Å². The molecule has 1 aromatic heterocycles. The maximum Gasteiger partial charge on any atom is 0.294 e. The molecule has 2 aliphatic heterocycles. The first kappa shape index (κ1) is 20.1. The summed E-state index contributed by atoms with van der Waals surface area (Å²) in [6.07, 6.45) is 0. The Morgan fingerprint density at radius 2 is 1.84 bits per heavy atom. The van der Waals surface area contributed by atoms with Gasteiger partial charge in [-0.05, 0) is 41.3 Å². The van der Waals surface area contributed by atoms with Gasteiger partial charge in [0.2, 0.25) is 5.78 Å². The standard InChI is InChI=1S/C24H19NO6S/c1-29-16-7-4-14(5-8-16)21-20(22(26)19-3-2-12-32-19)23(27)24(28)25(21)15-6-9-17-18(13-15)31-11-10-30-17/h2-9,12-13,21,27H,10-11H2,1H3. The van der Waals surface area contributed by atoms with Crippen LogP contribution >= 0.6 is 11.3 Å². The van der Waals surface area contributed by atoms with Crippen LogP contribution < -0.4 is 19.1 Å². The molecular weight excluding hydrogens is 430 g/mol. The highest BCUT2D eigenvalue weighted by Crippen LogP contribution is 2.44. The molecule has 0 fully saturated rings. The Hall–Kier alpha value is -3.78. The fourth-order valence-electron chi connectivity index (χ4n) is 3.93. The average molecular weight is 449 g/mol. The fraction of sp³-hybridized carbons (Fsp3) is 0.167. The van der Waals surface area contributed by atoms with Crippen LogP contribution in [0.1, 0.15) is 21.3 Å². The first-order chi connectivity index (χ1) is 15.6. The van der Waals surface area contributed by atoms with E-state index in [0.29, 0.717) is 46.6 Å². The topological polar surface area (TPSA) is 85.3 Å². The van der Waals surface area contributed by atoms with E-state index in [2.05, 4.69) is 0 Å². The van der Waals surface area contributed by atoms with Crippen molar-refractivity contribution < 1.29 is 28.9 Å². The van der Waals surface area contributed by atoms with Gasteiger partial charge >= 0.3 is 0 Å². The minimum absolute atomic E-state index is 0.0394. The number of nitrogens with zero attached hydrogens (tertiary/aromatic N) is 1. The number of amides is 1. The molecule has 0 saturated heterocycles. The van der Waals surface area contributed by atoms with Crippen LogP contribution in [-0.2, 0) is 4.79 Å². The average Bonchev–Trinajstić information content (AvgIpc) is 3.46. The van der Waals surface area contributed by atoms with E-state index < -0.39 is 17.7 Å². The molecular formula is C24H19NO6S. The number of thiophene rings is 1. The highest BCUT2D eigenvalue weighted by Gasteiger charge is 2.45. The van der Waals surface area contributed by atoms with Crippen LogP contribution in [0.4, 0.5) is 5.69 Å². The maximum atomic E-state index is 13.3. The van der Waals surface area contributed by atoms with Gasteiger partial charge in [0.1, 0.15) is 19.0 Å². The van der Waals surface area contributed by atoms with E-state index in [1.807, 2.05) is 0 Å². The number of aliphatic hydroxyl groups excluding tert-OH is 1. The van der Waals surface area contributed by atoms with Crippen molar-refractivity contribution in [1.29, 1.82) is 0 Å². The lowest BCUT2D eigenvalue weighted by molar-refractivity contribution is -0.117. The van der Waals surface area contributed by atoms with E-state index in [1.165, 1.54) is 16.2 Å². The largest absolute Gasteiger partial charge is 0.503 e. The van der Waals surface area contributed by atoms with Gasteiger partial charge in [-0.25, -0.2) is 0 Å². The van der Waals surface area contributed by atoms with Gasteiger partial charge in [-0.15, -0.1) is 11.3 Å². The Morgan fingerprint density at radius 3 is 2.53 bits per heavy atom. The smallest absolute Gasteiger partial charge is 0.294 e. The summed E-state index contributed by atoms with van der Waals surface area (Å²) < 4.78 is 16.5. The summed E-state index contributed by atoms with van der Waals surface area (Å²) >= 11 is 1.26. The van der Waals surface area contributed by atoms with Crippen LogP contribution in [0.5, 0.6) is 17.2 Å². The molecule has 7 nitrogen and oxygen atoms in total. The summed E-state index contributed by atoms with van der Waals surface area (Å²) in [5.41, 5.74) is 1.19. The van der Waals surface area contributed by atoms with Crippen molar-refractivity contribution in [3.8, 4) is 17.2 Å². The van der Waals surface area contributed by atoms with E-state index in [4.69, 9.17) is 14.2 Å². The predicted molar refractivity (Wildman–Crippen MR) is 119 cm³/mol. The van der Waals surface area contributed by atoms with Crippen LogP contribution in [0.3, 0.4) is 0 Å². The third-order valence-electron chi connectivity index (χ3n) is 5.43. The third kappa shape index (κ3) is 3.29. The van der Waals surface area contributed by atoms with Crippen molar-refractivity contribution in [2.24, 2.45) is 0 Å². The molecule has 2 aliphatic rings. The number of carbonyl (C=O) groups is 2. The molecule has 0 aliphatic carbocycles. The Kier molecular flexibility index (Phi) is 5.07. The van der Waals surface area contributed by atoms with Crippen LogP contribution in [0.25, 0.3) is 0 Å². The number of hydrogen-bond acceptors (Lipinski definition) is 7. The zero-order valence-corrected chi connectivity index (χ0v) is 17.9. The number of aliphatic hydroxyl groups is 1. The highest BCUT2D eigenvalue weighted by molar-refractivity contribution is 7.12. The van der Waals surface area contributed by atoms with Gasteiger partial charge in [-0.3, -0.25) is 14.5 Å². The number of benzene rings is 2. The molecule has 2 aromatic carbocycles. The zero-order valence-electron chi connectivity index (χ0n) is 17.1. The lowest BCUT2D eigenvalue weighted by Crippen LogP contribution is -2.31. The Morgan fingerprint density at radius 1 is 1.09 bits per heavy atom. The van der Waals surface area contributed by atoms with Crippen LogP contribution in [0.2, 0.25) is 0 Å². The quantitative estimate of drug-likeness (QED) is 0.585. The Balaban J connectivity index is 1.64. The number of ether oxygens (including phenoxy) is 3. The summed E-state index contributed by atoms with van der Waals surface area (Å²) in [6, 6.07) is 14.8. The number of rotatable bonds is 5. The van der Waals surface area contributed by atoms with Crippen LogP contribution in [0.15, 0.2) is 71.3 Å². The first-order valence-corrected chi connectivity index (χ1v) is 10.8. The van der Waals surface area contributed by atoms with Crippen molar-refractivity contribution in [3.63, 3.8) is 0 Å². The van der Waals surface area contributed by atoms with Crippen molar-refractivity contribution in [2.45, 2.75) is 6.04 Å². The van der Waals surface area contributed by atoms with Crippen molar-refractivity contribution >= 4 is 28.7 Å². The van der Waals surface area contributed by atoms with Crippen LogP contribution in [-0.4, -0.2) is 37.1 Å². The van der Waals surface area contributed by atoms with E-state index in [-0.39, 0.29) is 11.4 Å². The second kappa shape index (κ2) is 8.05. The van der Waals surface area contributed by atoms with Gasteiger partial charge in [0.15, 0.2) is 17.3 Å². The minimum atomic E-state index is -0.814. The summed E-state index contributed by atoms with van der Waals surface area (Å²) in [7, 11) is 1.56. The van der Waals surface area contributed by atoms with Crippen molar-refractivity contribution in [2.75, 3.05) is 25.2 Å². The van der Waals surface area contributed by atoms with Gasteiger partial charge in [0.25, 0.3) is 5.91 Å². The lowest BCUT2D eigenvalue weighted by Gasteiger charge is -2.28. The summed E-state index contributed by atoms with van der Waals surface area (Å²) in [4.78, 5) is 28.4. The number of hydrogen-bond donors (Lipinski definition) is 1.